The van der Waals surface area contributed by atoms with E-state index in [2.05, 4.69) is 21.2 Å². The number of anilines is 1. The summed E-state index contributed by atoms with van der Waals surface area (Å²) in [4.78, 5) is 11.6. The van der Waals surface area contributed by atoms with Crippen LogP contribution in [0, 0.1) is 5.82 Å². The molecule has 3 N–H and O–H groups in total. The lowest BCUT2D eigenvalue weighted by molar-refractivity contribution is -0.117. The van der Waals surface area contributed by atoms with Crippen molar-refractivity contribution in [3.05, 3.63) is 28.0 Å². The molecule has 0 aromatic heterocycles. The Morgan fingerprint density at radius 3 is 2.93 bits per heavy atom. The number of carbonyl (C=O) groups is 1. The first-order valence-electron chi connectivity index (χ1n) is 4.63. The first-order valence-corrected chi connectivity index (χ1v) is 5.42. The number of hydrogen-bond donors (Lipinski definition) is 2. The van der Waals surface area contributed by atoms with E-state index in [1.807, 2.05) is 0 Å². The predicted molar refractivity (Wildman–Crippen MR) is 59.1 cm³/mol. The van der Waals surface area contributed by atoms with Gasteiger partial charge in [-0.3, -0.25) is 4.79 Å². The summed E-state index contributed by atoms with van der Waals surface area (Å²) < 4.78 is 13.7. The molecule has 2 rings (SSSR count). The van der Waals surface area contributed by atoms with Crippen molar-refractivity contribution in [2.45, 2.75) is 12.3 Å². The lowest BCUT2D eigenvalue weighted by Gasteiger charge is -2.06. The fourth-order valence-electron chi connectivity index (χ4n) is 1.81. The van der Waals surface area contributed by atoms with Crippen LogP contribution in [0.5, 0.6) is 0 Å². The zero-order chi connectivity index (χ0) is 11.0. The molecular weight excluding hydrogens is 263 g/mol. The highest BCUT2D eigenvalue weighted by Crippen LogP contribution is 2.39. The molecule has 1 amide bonds. The van der Waals surface area contributed by atoms with Crippen molar-refractivity contribution >= 4 is 27.5 Å². The van der Waals surface area contributed by atoms with E-state index in [1.54, 1.807) is 0 Å². The average Bonchev–Trinajstić information content (AvgIpc) is 2.46. The number of rotatable bonds is 2. The standard InChI is InChI=1S/C10H10BrFN2O/c11-8-4-5(12)3-7-6(1-2-13)10(15)14-9(7)8/h3-4,6H,1-2,13H2,(H,14,15). The molecule has 3 nitrogen and oxygen atoms in total. The monoisotopic (exact) mass is 272 g/mol. The van der Waals surface area contributed by atoms with Gasteiger partial charge in [-0.25, -0.2) is 4.39 Å². The first kappa shape index (κ1) is 10.6. The molecule has 0 bridgehead atoms. The van der Waals surface area contributed by atoms with Gasteiger partial charge in [0.2, 0.25) is 5.91 Å². The summed E-state index contributed by atoms with van der Waals surface area (Å²) in [6, 6.07) is 2.72. The summed E-state index contributed by atoms with van der Waals surface area (Å²) in [7, 11) is 0. The molecule has 5 heteroatoms. The quantitative estimate of drug-likeness (QED) is 0.865. The van der Waals surface area contributed by atoms with Crippen LogP contribution in [0.3, 0.4) is 0 Å². The molecule has 0 saturated heterocycles. The molecule has 15 heavy (non-hydrogen) atoms. The van der Waals surface area contributed by atoms with Gasteiger partial charge in [-0.15, -0.1) is 0 Å². The van der Waals surface area contributed by atoms with Gasteiger partial charge < -0.3 is 11.1 Å². The Morgan fingerprint density at radius 1 is 1.53 bits per heavy atom. The third-order valence-corrected chi connectivity index (χ3v) is 3.11. The number of amides is 1. The minimum Gasteiger partial charge on any atom is -0.330 e. The van der Waals surface area contributed by atoms with Gasteiger partial charge in [0, 0.05) is 4.47 Å². The topological polar surface area (TPSA) is 55.1 Å². The van der Waals surface area contributed by atoms with E-state index in [9.17, 15) is 9.18 Å². The van der Waals surface area contributed by atoms with E-state index in [4.69, 9.17) is 5.73 Å². The Morgan fingerprint density at radius 2 is 2.27 bits per heavy atom. The molecule has 80 valence electrons. The van der Waals surface area contributed by atoms with Gasteiger partial charge in [-0.2, -0.15) is 0 Å². The van der Waals surface area contributed by atoms with E-state index < -0.39 is 0 Å². The highest BCUT2D eigenvalue weighted by atomic mass is 79.9. The number of hydrogen-bond acceptors (Lipinski definition) is 2. The molecule has 1 aromatic carbocycles. The van der Waals surface area contributed by atoms with Crippen molar-refractivity contribution in [1.82, 2.24) is 0 Å². The number of nitrogens with one attached hydrogen (secondary N) is 1. The van der Waals surface area contributed by atoms with Crippen molar-refractivity contribution < 1.29 is 9.18 Å². The maximum atomic E-state index is 13.2. The molecule has 1 aliphatic rings. The summed E-state index contributed by atoms with van der Waals surface area (Å²) >= 11 is 3.22. The summed E-state index contributed by atoms with van der Waals surface area (Å²) in [5.41, 5.74) is 6.78. The second-order valence-corrected chi connectivity index (χ2v) is 4.33. The average molecular weight is 273 g/mol. The third kappa shape index (κ3) is 1.77. The first-order chi connectivity index (χ1) is 7.13. The van der Waals surface area contributed by atoms with Crippen LogP contribution in [-0.4, -0.2) is 12.5 Å². The van der Waals surface area contributed by atoms with Gasteiger partial charge >= 0.3 is 0 Å². The fourth-order valence-corrected chi connectivity index (χ4v) is 2.35. The van der Waals surface area contributed by atoms with Gasteiger partial charge in [0.05, 0.1) is 11.6 Å². The molecule has 0 aliphatic carbocycles. The van der Waals surface area contributed by atoms with Crippen LogP contribution >= 0.6 is 15.9 Å². The molecule has 0 radical (unpaired) electrons. The molecule has 0 fully saturated rings. The van der Waals surface area contributed by atoms with Gasteiger partial charge in [0.25, 0.3) is 0 Å². The fraction of sp³-hybridized carbons (Fsp3) is 0.300. The number of carbonyl (C=O) groups excluding carboxylic acids is 1. The molecule has 1 heterocycles. The van der Waals surface area contributed by atoms with E-state index in [1.165, 1.54) is 12.1 Å². The Balaban J connectivity index is 2.48. The zero-order valence-corrected chi connectivity index (χ0v) is 9.47. The molecule has 0 saturated carbocycles. The van der Waals surface area contributed by atoms with Crippen molar-refractivity contribution in [2.75, 3.05) is 11.9 Å². The van der Waals surface area contributed by atoms with Crippen molar-refractivity contribution in [1.29, 1.82) is 0 Å². The summed E-state index contributed by atoms with van der Waals surface area (Å²) in [6.07, 6.45) is 0.536. The Hall–Kier alpha value is -0.940. The summed E-state index contributed by atoms with van der Waals surface area (Å²) in [5.74, 6) is -0.780. The molecule has 0 spiro atoms. The van der Waals surface area contributed by atoms with Crippen LogP contribution < -0.4 is 11.1 Å². The van der Waals surface area contributed by atoms with Gasteiger partial charge in [0.1, 0.15) is 5.82 Å². The maximum Gasteiger partial charge on any atom is 0.232 e. The van der Waals surface area contributed by atoms with Crippen LogP contribution in [0.15, 0.2) is 16.6 Å². The number of fused-ring (bicyclic) bond motifs is 1. The van der Waals surface area contributed by atoms with E-state index in [0.717, 1.165) is 0 Å². The highest BCUT2D eigenvalue weighted by Gasteiger charge is 2.31. The van der Waals surface area contributed by atoms with Gasteiger partial charge in [0.15, 0.2) is 0 Å². The van der Waals surface area contributed by atoms with Crippen LogP contribution in [-0.2, 0) is 4.79 Å². The van der Waals surface area contributed by atoms with Gasteiger partial charge in [-0.05, 0) is 46.6 Å². The molecule has 1 unspecified atom stereocenters. The normalized spacial score (nSPS) is 18.9. The predicted octanol–water partition coefficient (Wildman–Crippen LogP) is 1.97. The molecule has 1 aromatic rings. The Bertz CT molecular complexity index is 422. The molecule has 1 atom stereocenters. The SMILES string of the molecule is NCCC1C(=O)Nc2c(Br)cc(F)cc21. The Labute approximate surface area is 95.0 Å². The molecule has 1 aliphatic heterocycles. The minimum atomic E-state index is -0.348. The van der Waals surface area contributed by atoms with Crippen LogP contribution in [0.25, 0.3) is 0 Å². The Kier molecular flexibility index (Phi) is 2.75. The van der Waals surface area contributed by atoms with E-state index in [0.29, 0.717) is 28.7 Å². The lowest BCUT2D eigenvalue weighted by atomic mass is 9.97. The van der Waals surface area contributed by atoms with Crippen molar-refractivity contribution in [3.63, 3.8) is 0 Å². The number of benzene rings is 1. The zero-order valence-electron chi connectivity index (χ0n) is 7.89. The van der Waals surface area contributed by atoms with Crippen LogP contribution in [0.4, 0.5) is 10.1 Å². The maximum absolute atomic E-state index is 13.2. The van der Waals surface area contributed by atoms with Crippen molar-refractivity contribution in [2.24, 2.45) is 5.73 Å². The van der Waals surface area contributed by atoms with Crippen LogP contribution in [0.2, 0.25) is 0 Å². The summed E-state index contributed by atoms with van der Waals surface area (Å²) in [5, 5.41) is 2.72. The largest absolute Gasteiger partial charge is 0.330 e. The smallest absolute Gasteiger partial charge is 0.232 e. The second-order valence-electron chi connectivity index (χ2n) is 3.47. The van der Waals surface area contributed by atoms with Gasteiger partial charge in [-0.1, -0.05) is 0 Å². The third-order valence-electron chi connectivity index (χ3n) is 2.48. The van der Waals surface area contributed by atoms with E-state index in [-0.39, 0.29) is 17.6 Å². The minimum absolute atomic E-state index is 0.109. The van der Waals surface area contributed by atoms with Crippen molar-refractivity contribution in [3.8, 4) is 0 Å². The molecular formula is C10H10BrFN2O. The number of nitrogens with two attached hydrogens (primary N) is 1. The highest BCUT2D eigenvalue weighted by molar-refractivity contribution is 9.10. The van der Waals surface area contributed by atoms with E-state index >= 15 is 0 Å². The second kappa shape index (κ2) is 3.90. The summed E-state index contributed by atoms with van der Waals surface area (Å²) in [6.45, 7) is 0.408. The number of halogens is 2. The lowest BCUT2D eigenvalue weighted by Crippen LogP contribution is -2.15. The van der Waals surface area contributed by atoms with Crippen LogP contribution in [0.1, 0.15) is 17.9 Å².